The van der Waals surface area contributed by atoms with Gasteiger partial charge in [0.25, 0.3) is 0 Å². The van der Waals surface area contributed by atoms with Crippen LogP contribution in [0.25, 0.3) is 22.3 Å². The molecule has 0 aliphatic rings. The number of anilines is 1. The van der Waals surface area contributed by atoms with Crippen molar-refractivity contribution in [2.75, 3.05) is 11.9 Å². The molecule has 4 nitrogen and oxygen atoms in total. The van der Waals surface area contributed by atoms with Crippen LogP contribution < -0.4 is 4.90 Å². The van der Waals surface area contributed by atoms with Crippen molar-refractivity contribution in [3.63, 3.8) is 0 Å². The lowest BCUT2D eigenvalue weighted by atomic mass is 10.1. The summed E-state index contributed by atoms with van der Waals surface area (Å²) in [6, 6.07) is 18.3. The van der Waals surface area contributed by atoms with Crippen LogP contribution in [0.3, 0.4) is 0 Å². The van der Waals surface area contributed by atoms with Gasteiger partial charge in [-0.15, -0.1) is 0 Å². The van der Waals surface area contributed by atoms with Gasteiger partial charge in [-0.1, -0.05) is 24.3 Å². The highest BCUT2D eigenvalue weighted by molar-refractivity contribution is 5.90. The molecule has 26 heavy (non-hydrogen) atoms. The Bertz CT molecular complexity index is 1050. The second-order valence-corrected chi connectivity index (χ2v) is 6.12. The van der Waals surface area contributed by atoms with Gasteiger partial charge in [0.2, 0.25) is 0 Å². The first-order valence-electron chi connectivity index (χ1n) is 8.33. The largest absolute Gasteiger partial charge is 0.355 e. The van der Waals surface area contributed by atoms with Crippen LogP contribution >= 0.6 is 0 Å². The Balaban J connectivity index is 1.80. The minimum absolute atomic E-state index is 0.237. The van der Waals surface area contributed by atoms with Crippen LogP contribution in [0.15, 0.2) is 73.1 Å². The average Bonchev–Trinajstić information content (AvgIpc) is 2.68. The fourth-order valence-electron chi connectivity index (χ4n) is 2.96. The zero-order valence-electron chi connectivity index (χ0n) is 14.3. The molecule has 4 aromatic rings. The summed E-state index contributed by atoms with van der Waals surface area (Å²) in [6.45, 7) is 0.547. The second kappa shape index (κ2) is 6.88. The molecule has 0 bridgehead atoms. The third-order valence-corrected chi connectivity index (χ3v) is 4.17. The smallest absolute Gasteiger partial charge is 0.163 e. The number of fused-ring (bicyclic) bond motifs is 1. The summed E-state index contributed by atoms with van der Waals surface area (Å²) in [5.41, 5.74) is 2.61. The zero-order valence-corrected chi connectivity index (χ0v) is 14.3. The molecule has 2 heterocycles. The van der Waals surface area contributed by atoms with Gasteiger partial charge in [-0.3, -0.25) is 4.98 Å². The number of pyridine rings is 1. The normalized spacial score (nSPS) is 10.8. The van der Waals surface area contributed by atoms with E-state index in [9.17, 15) is 4.39 Å². The molecule has 0 radical (unpaired) electrons. The van der Waals surface area contributed by atoms with E-state index in [1.54, 1.807) is 24.5 Å². The summed E-state index contributed by atoms with van der Waals surface area (Å²) < 4.78 is 13.5. The molecular weight excluding hydrogens is 327 g/mol. The number of hydrogen-bond acceptors (Lipinski definition) is 4. The molecule has 128 valence electrons. The van der Waals surface area contributed by atoms with Crippen molar-refractivity contribution in [3.05, 3.63) is 84.4 Å². The fourth-order valence-corrected chi connectivity index (χ4v) is 2.96. The number of hydrogen-bond donors (Lipinski definition) is 0. The molecule has 0 aliphatic heterocycles. The first-order chi connectivity index (χ1) is 12.7. The second-order valence-electron chi connectivity index (χ2n) is 6.12. The van der Waals surface area contributed by atoms with Gasteiger partial charge in [0, 0.05) is 36.9 Å². The van der Waals surface area contributed by atoms with Crippen molar-refractivity contribution in [2.45, 2.75) is 6.54 Å². The lowest BCUT2D eigenvalue weighted by molar-refractivity contribution is 0.625. The van der Waals surface area contributed by atoms with Gasteiger partial charge in [0.1, 0.15) is 11.6 Å². The van der Waals surface area contributed by atoms with Crippen LogP contribution in [0.4, 0.5) is 10.2 Å². The van der Waals surface area contributed by atoms with Crippen molar-refractivity contribution in [2.24, 2.45) is 0 Å². The SMILES string of the molecule is CN(Cc1cccc(F)c1)c1nc(-c2cccnc2)nc2ccccc12. The van der Waals surface area contributed by atoms with Crippen LogP contribution in [-0.2, 0) is 6.54 Å². The molecule has 0 atom stereocenters. The quantitative estimate of drug-likeness (QED) is 0.548. The molecule has 2 aromatic carbocycles. The van der Waals surface area contributed by atoms with Gasteiger partial charge in [0.15, 0.2) is 5.82 Å². The number of nitrogens with zero attached hydrogens (tertiary/aromatic N) is 4. The molecule has 0 N–H and O–H groups in total. The predicted octanol–water partition coefficient (Wildman–Crippen LogP) is 4.47. The van der Waals surface area contributed by atoms with Crippen molar-refractivity contribution < 1.29 is 4.39 Å². The van der Waals surface area contributed by atoms with Gasteiger partial charge in [0.05, 0.1) is 5.52 Å². The van der Waals surface area contributed by atoms with Crippen LogP contribution in [0.1, 0.15) is 5.56 Å². The van der Waals surface area contributed by atoms with E-state index in [1.807, 2.05) is 54.4 Å². The van der Waals surface area contributed by atoms with Crippen molar-refractivity contribution in [1.82, 2.24) is 15.0 Å². The lowest BCUT2D eigenvalue weighted by Gasteiger charge is -2.21. The summed E-state index contributed by atoms with van der Waals surface area (Å²) in [7, 11) is 1.95. The van der Waals surface area contributed by atoms with Gasteiger partial charge in [-0.05, 0) is 42.0 Å². The van der Waals surface area contributed by atoms with E-state index in [0.717, 1.165) is 27.8 Å². The molecular formula is C21H17FN4. The summed E-state index contributed by atoms with van der Waals surface area (Å²) in [5.74, 6) is 1.19. The number of rotatable bonds is 4. The maximum atomic E-state index is 13.5. The minimum Gasteiger partial charge on any atom is -0.355 e. The van der Waals surface area contributed by atoms with Crippen LogP contribution in [0.2, 0.25) is 0 Å². The maximum Gasteiger partial charge on any atom is 0.163 e. The van der Waals surface area contributed by atoms with E-state index in [1.165, 1.54) is 6.07 Å². The number of halogens is 1. The highest BCUT2D eigenvalue weighted by atomic mass is 19.1. The Morgan fingerprint density at radius 2 is 1.85 bits per heavy atom. The Labute approximate surface area is 151 Å². The Morgan fingerprint density at radius 3 is 2.65 bits per heavy atom. The van der Waals surface area contributed by atoms with Crippen molar-refractivity contribution in [1.29, 1.82) is 0 Å². The average molecular weight is 344 g/mol. The van der Waals surface area contributed by atoms with E-state index >= 15 is 0 Å². The molecule has 0 amide bonds. The van der Waals surface area contributed by atoms with E-state index in [4.69, 9.17) is 4.98 Å². The number of benzene rings is 2. The third-order valence-electron chi connectivity index (χ3n) is 4.17. The zero-order chi connectivity index (χ0) is 17.9. The molecule has 0 fully saturated rings. The Morgan fingerprint density at radius 1 is 0.962 bits per heavy atom. The van der Waals surface area contributed by atoms with Gasteiger partial charge in [-0.25, -0.2) is 14.4 Å². The summed E-state index contributed by atoms with van der Waals surface area (Å²) >= 11 is 0. The molecule has 0 saturated heterocycles. The molecule has 2 aromatic heterocycles. The monoisotopic (exact) mass is 344 g/mol. The summed E-state index contributed by atoms with van der Waals surface area (Å²) in [6.07, 6.45) is 3.47. The van der Waals surface area contributed by atoms with Gasteiger partial charge >= 0.3 is 0 Å². The highest BCUT2D eigenvalue weighted by Crippen LogP contribution is 2.27. The number of aromatic nitrogens is 3. The molecule has 0 saturated carbocycles. The minimum atomic E-state index is -0.237. The molecule has 4 rings (SSSR count). The standard InChI is InChI=1S/C21H17FN4/c1-26(14-15-6-4-8-17(22)12-15)21-18-9-2-3-10-19(18)24-20(25-21)16-7-5-11-23-13-16/h2-13H,14H2,1H3. The topological polar surface area (TPSA) is 41.9 Å². The Kier molecular flexibility index (Phi) is 4.27. The van der Waals surface area contributed by atoms with E-state index < -0.39 is 0 Å². The summed E-state index contributed by atoms with van der Waals surface area (Å²) in [5, 5.41) is 0.957. The molecule has 0 aliphatic carbocycles. The lowest BCUT2D eigenvalue weighted by Crippen LogP contribution is -2.18. The molecule has 0 spiro atoms. The van der Waals surface area contributed by atoms with Crippen molar-refractivity contribution in [3.8, 4) is 11.4 Å². The third kappa shape index (κ3) is 3.24. The van der Waals surface area contributed by atoms with E-state index in [2.05, 4.69) is 9.97 Å². The maximum absolute atomic E-state index is 13.5. The first kappa shape index (κ1) is 16.1. The summed E-state index contributed by atoms with van der Waals surface area (Å²) in [4.78, 5) is 15.6. The van der Waals surface area contributed by atoms with E-state index in [0.29, 0.717) is 12.4 Å². The fraction of sp³-hybridized carbons (Fsp3) is 0.0952. The highest BCUT2D eigenvalue weighted by Gasteiger charge is 2.13. The van der Waals surface area contributed by atoms with Gasteiger partial charge in [-0.2, -0.15) is 0 Å². The van der Waals surface area contributed by atoms with Gasteiger partial charge < -0.3 is 4.90 Å². The molecule has 0 unspecified atom stereocenters. The van der Waals surface area contributed by atoms with E-state index in [-0.39, 0.29) is 5.82 Å². The van der Waals surface area contributed by atoms with Crippen molar-refractivity contribution >= 4 is 16.7 Å². The first-order valence-corrected chi connectivity index (χ1v) is 8.33. The number of para-hydroxylation sites is 1. The molecule has 5 heteroatoms. The van der Waals surface area contributed by atoms with Crippen LogP contribution in [-0.4, -0.2) is 22.0 Å². The Hall–Kier alpha value is -3.34. The van der Waals surface area contributed by atoms with Crippen LogP contribution in [0, 0.1) is 5.82 Å². The predicted molar refractivity (Wildman–Crippen MR) is 101 cm³/mol. The van der Waals surface area contributed by atoms with Crippen LogP contribution in [0.5, 0.6) is 0 Å².